The summed E-state index contributed by atoms with van der Waals surface area (Å²) in [5.74, 6) is -0.129. The first-order valence-electron chi connectivity index (χ1n) is 13.7. The lowest BCUT2D eigenvalue weighted by atomic mass is 9.76. The molecule has 0 heterocycles. The quantitative estimate of drug-likeness (QED) is 0.115. The summed E-state index contributed by atoms with van der Waals surface area (Å²) in [5.41, 5.74) is 0.609. The minimum absolute atomic E-state index is 0.0366. The van der Waals surface area contributed by atoms with Crippen LogP contribution in [0.15, 0.2) is 54.6 Å². The molecular formula is C31H47IO5SSi. The average Bonchev–Trinajstić information content (AvgIpc) is 2.81. The van der Waals surface area contributed by atoms with Crippen LogP contribution in [-0.2, 0) is 35.8 Å². The van der Waals surface area contributed by atoms with Crippen molar-refractivity contribution in [3.8, 4) is 0 Å². The van der Waals surface area contributed by atoms with Crippen molar-refractivity contribution in [2.24, 2.45) is 5.41 Å². The highest BCUT2D eigenvalue weighted by atomic mass is 127. The van der Waals surface area contributed by atoms with Gasteiger partial charge < -0.3 is 9.16 Å². The summed E-state index contributed by atoms with van der Waals surface area (Å²) in [7, 11) is -5.27. The molecule has 0 spiro atoms. The second kappa shape index (κ2) is 13.6. The molecule has 2 aromatic rings. The molecule has 2 aromatic carbocycles. The average molecular weight is 687 g/mol. The van der Waals surface area contributed by atoms with Gasteiger partial charge in [0.2, 0.25) is 0 Å². The number of esters is 1. The van der Waals surface area contributed by atoms with Crippen LogP contribution in [0.3, 0.4) is 0 Å². The highest BCUT2D eigenvalue weighted by molar-refractivity contribution is 14.1. The molecule has 218 valence electrons. The smallest absolute Gasteiger partial charge is 0.316 e. The van der Waals surface area contributed by atoms with Gasteiger partial charge in [0.05, 0.1) is 16.9 Å². The molecule has 8 heteroatoms. The first-order valence-corrected chi connectivity index (χ1v) is 19.5. The van der Waals surface area contributed by atoms with Crippen molar-refractivity contribution in [2.45, 2.75) is 91.0 Å². The summed E-state index contributed by atoms with van der Waals surface area (Å²) >= 11 is 2.26. The van der Waals surface area contributed by atoms with Crippen molar-refractivity contribution in [1.82, 2.24) is 0 Å². The van der Waals surface area contributed by atoms with Gasteiger partial charge in [0, 0.05) is 10.2 Å². The van der Waals surface area contributed by atoms with E-state index < -0.39 is 29.0 Å². The van der Waals surface area contributed by atoms with Crippen molar-refractivity contribution >= 4 is 46.7 Å². The van der Waals surface area contributed by atoms with Gasteiger partial charge in [-0.3, -0.25) is 4.79 Å². The van der Waals surface area contributed by atoms with E-state index in [4.69, 9.17) is 9.16 Å². The van der Waals surface area contributed by atoms with Crippen LogP contribution in [0.4, 0.5) is 0 Å². The third-order valence-corrected chi connectivity index (χ3v) is 15.1. The SMILES string of the molecule is CC(C)(CCC[C@@](C)(C(=O)OCc1ccccc1)c1cccc(I)c1)CS(=O)(=O)CCO[Si](C)(C)C(C)(C)C. The maximum absolute atomic E-state index is 13.5. The van der Waals surface area contributed by atoms with Gasteiger partial charge in [0.15, 0.2) is 18.2 Å². The number of rotatable bonds is 14. The maximum atomic E-state index is 13.5. The molecule has 0 aliphatic rings. The Balaban J connectivity index is 2.04. The fraction of sp³-hybridized carbons (Fsp3) is 0.581. The Labute approximate surface area is 251 Å². The molecule has 0 aromatic heterocycles. The zero-order valence-electron chi connectivity index (χ0n) is 25.0. The molecule has 0 unspecified atom stereocenters. The van der Waals surface area contributed by atoms with Crippen LogP contribution >= 0.6 is 22.6 Å². The van der Waals surface area contributed by atoms with E-state index in [0.717, 1.165) is 14.7 Å². The topological polar surface area (TPSA) is 69.7 Å². The zero-order chi connectivity index (χ0) is 29.5. The van der Waals surface area contributed by atoms with Crippen LogP contribution in [0, 0.1) is 8.99 Å². The van der Waals surface area contributed by atoms with E-state index in [1.807, 2.05) is 75.4 Å². The third-order valence-electron chi connectivity index (χ3n) is 7.93. The molecule has 2 rings (SSSR count). The van der Waals surface area contributed by atoms with E-state index >= 15 is 0 Å². The van der Waals surface area contributed by atoms with Gasteiger partial charge in [-0.1, -0.05) is 83.5 Å². The Morgan fingerprint density at radius 3 is 2.15 bits per heavy atom. The zero-order valence-corrected chi connectivity index (χ0v) is 28.9. The number of ether oxygens (including phenoxy) is 1. The highest BCUT2D eigenvalue weighted by Gasteiger charge is 2.39. The van der Waals surface area contributed by atoms with Crippen LogP contribution in [-0.4, -0.2) is 40.8 Å². The van der Waals surface area contributed by atoms with Gasteiger partial charge >= 0.3 is 5.97 Å². The Bertz CT molecular complexity index is 1190. The Morgan fingerprint density at radius 2 is 1.56 bits per heavy atom. The first kappa shape index (κ1) is 34.0. The summed E-state index contributed by atoms with van der Waals surface area (Å²) in [6.45, 7) is 17.1. The predicted molar refractivity (Wildman–Crippen MR) is 172 cm³/mol. The third kappa shape index (κ3) is 10.6. The summed E-state index contributed by atoms with van der Waals surface area (Å²) < 4.78 is 38.9. The molecular weight excluding hydrogens is 639 g/mol. The number of hydrogen-bond donors (Lipinski definition) is 0. The van der Waals surface area contributed by atoms with Gasteiger partial charge in [-0.05, 0) is 89.2 Å². The van der Waals surface area contributed by atoms with E-state index in [-0.39, 0.29) is 35.7 Å². The van der Waals surface area contributed by atoms with E-state index in [9.17, 15) is 13.2 Å². The molecule has 0 radical (unpaired) electrons. The monoisotopic (exact) mass is 686 g/mol. The Morgan fingerprint density at radius 1 is 0.923 bits per heavy atom. The van der Waals surface area contributed by atoms with Crippen molar-refractivity contribution in [3.05, 3.63) is 69.3 Å². The van der Waals surface area contributed by atoms with Crippen LogP contribution in [0.1, 0.15) is 71.9 Å². The summed E-state index contributed by atoms with van der Waals surface area (Å²) in [4.78, 5) is 13.5. The molecule has 0 bridgehead atoms. The summed E-state index contributed by atoms with van der Waals surface area (Å²) in [5, 5.41) is 0.0434. The number of hydrogen-bond acceptors (Lipinski definition) is 5. The molecule has 0 amide bonds. The lowest BCUT2D eigenvalue weighted by molar-refractivity contribution is -0.151. The standard InChI is InChI=1S/C31H47IO5SSi/c1-29(2,3)39(7,8)37-20-21-38(34,35)24-30(4,5)18-13-19-31(6,26-16-12-17-27(32)22-26)28(33)36-23-25-14-10-9-11-15-25/h9-12,14-17,22H,13,18-21,23-24H2,1-8H3/t31-/m1/s1. The van der Waals surface area contributed by atoms with Crippen LogP contribution < -0.4 is 0 Å². The highest BCUT2D eigenvalue weighted by Crippen LogP contribution is 2.37. The lowest BCUT2D eigenvalue weighted by Crippen LogP contribution is -2.42. The molecule has 0 saturated heterocycles. The molecule has 1 atom stereocenters. The minimum Gasteiger partial charge on any atom is -0.460 e. The molecule has 0 saturated carbocycles. The number of halogens is 1. The predicted octanol–water partition coefficient (Wildman–Crippen LogP) is 7.93. The Kier molecular flexibility index (Phi) is 11.9. The first-order chi connectivity index (χ1) is 17.9. The van der Waals surface area contributed by atoms with Crippen LogP contribution in [0.25, 0.3) is 0 Å². The van der Waals surface area contributed by atoms with E-state index in [1.54, 1.807) is 0 Å². The van der Waals surface area contributed by atoms with Gasteiger partial charge in [-0.15, -0.1) is 0 Å². The number of benzene rings is 2. The fourth-order valence-corrected chi connectivity index (χ4v) is 7.93. The van der Waals surface area contributed by atoms with Gasteiger partial charge in [0.1, 0.15) is 6.61 Å². The normalized spacial score (nSPS) is 14.6. The molecule has 0 aliphatic carbocycles. The van der Waals surface area contributed by atoms with Gasteiger partial charge in [0.25, 0.3) is 0 Å². The maximum Gasteiger partial charge on any atom is 0.316 e. The molecule has 39 heavy (non-hydrogen) atoms. The second-order valence-corrected chi connectivity index (χ2v) is 21.4. The minimum atomic E-state index is -3.28. The van der Waals surface area contributed by atoms with Crippen molar-refractivity contribution in [3.63, 3.8) is 0 Å². The summed E-state index contributed by atoms with van der Waals surface area (Å²) in [6.07, 6.45) is 1.95. The lowest BCUT2D eigenvalue weighted by Gasteiger charge is -2.36. The molecule has 0 N–H and O–H groups in total. The molecule has 0 aliphatic heterocycles. The van der Waals surface area contributed by atoms with Crippen LogP contribution in [0.5, 0.6) is 0 Å². The Hall–Kier alpha value is -1.23. The van der Waals surface area contributed by atoms with E-state index in [0.29, 0.717) is 19.3 Å². The number of sulfone groups is 1. The van der Waals surface area contributed by atoms with Gasteiger partial charge in [-0.2, -0.15) is 0 Å². The van der Waals surface area contributed by atoms with E-state index in [2.05, 4.69) is 56.5 Å². The molecule has 5 nitrogen and oxygen atoms in total. The molecule has 0 fully saturated rings. The van der Waals surface area contributed by atoms with Gasteiger partial charge in [-0.25, -0.2) is 8.42 Å². The van der Waals surface area contributed by atoms with Crippen molar-refractivity contribution in [1.29, 1.82) is 0 Å². The number of carbonyl (C=O) groups excluding carboxylic acids is 1. The fourth-order valence-electron chi connectivity index (χ4n) is 4.38. The van der Waals surface area contributed by atoms with E-state index in [1.165, 1.54) is 0 Å². The second-order valence-electron chi connectivity index (χ2n) is 13.1. The van der Waals surface area contributed by atoms with Crippen molar-refractivity contribution in [2.75, 3.05) is 18.1 Å². The number of carbonyl (C=O) groups is 1. The largest absolute Gasteiger partial charge is 0.460 e. The summed E-state index contributed by atoms with van der Waals surface area (Å²) in [6, 6.07) is 17.6. The van der Waals surface area contributed by atoms with Crippen molar-refractivity contribution < 1.29 is 22.4 Å². The van der Waals surface area contributed by atoms with Crippen LogP contribution in [0.2, 0.25) is 18.1 Å².